The highest BCUT2D eigenvalue weighted by Crippen LogP contribution is 2.33. The van der Waals surface area contributed by atoms with Crippen LogP contribution in [-0.2, 0) is 9.53 Å². The van der Waals surface area contributed by atoms with Crippen LogP contribution in [-0.4, -0.2) is 56.7 Å². The Labute approximate surface area is 164 Å². The second-order valence-corrected chi connectivity index (χ2v) is 7.57. The monoisotopic (exact) mass is 375 g/mol. The van der Waals surface area contributed by atoms with Crippen molar-refractivity contribution in [1.29, 1.82) is 0 Å². The lowest BCUT2D eigenvalue weighted by atomic mass is 9.80. The van der Waals surface area contributed by atoms with Gasteiger partial charge in [-0.3, -0.25) is 4.79 Å². The van der Waals surface area contributed by atoms with Crippen molar-refractivity contribution in [2.24, 2.45) is 17.6 Å². The summed E-state index contributed by atoms with van der Waals surface area (Å²) in [4.78, 5) is 15.1. The minimum atomic E-state index is -0.127. The number of ether oxygens (including phenoxy) is 1. The maximum Gasteiger partial charge on any atom is 0.230 e. The molecule has 2 aliphatic rings. The molecule has 0 aromatic heterocycles. The molecule has 152 valence electrons. The van der Waals surface area contributed by atoms with Crippen molar-refractivity contribution in [3.63, 3.8) is 0 Å². The Kier molecular flexibility index (Phi) is 9.81. The SMILES string of the molecule is C=C/C=C1\CC(CN)CC\C1=C/[C@H](CNCCCC)C(=O)N1CCOCC1. The Morgan fingerprint density at radius 2 is 2.19 bits per heavy atom. The molecule has 0 aromatic rings. The van der Waals surface area contributed by atoms with E-state index in [0.29, 0.717) is 38.8 Å². The van der Waals surface area contributed by atoms with E-state index >= 15 is 0 Å². The van der Waals surface area contributed by atoms with Gasteiger partial charge in [0.2, 0.25) is 5.91 Å². The van der Waals surface area contributed by atoms with Gasteiger partial charge in [-0.1, -0.05) is 38.2 Å². The summed E-state index contributed by atoms with van der Waals surface area (Å²) in [5.41, 5.74) is 8.48. The molecule has 3 N–H and O–H groups in total. The van der Waals surface area contributed by atoms with E-state index in [1.165, 1.54) is 11.1 Å². The number of unbranched alkanes of at least 4 members (excludes halogenated alkanes) is 1. The molecule has 5 heteroatoms. The second-order valence-electron chi connectivity index (χ2n) is 7.57. The van der Waals surface area contributed by atoms with Gasteiger partial charge in [-0.2, -0.15) is 0 Å². The number of allylic oxidation sites excluding steroid dienone is 4. The van der Waals surface area contributed by atoms with Gasteiger partial charge in [0, 0.05) is 19.6 Å². The predicted molar refractivity (Wildman–Crippen MR) is 111 cm³/mol. The van der Waals surface area contributed by atoms with Crippen LogP contribution in [0.4, 0.5) is 0 Å². The van der Waals surface area contributed by atoms with Gasteiger partial charge in [-0.15, -0.1) is 0 Å². The van der Waals surface area contributed by atoms with E-state index < -0.39 is 0 Å². The number of nitrogens with zero attached hydrogens (tertiary/aromatic N) is 1. The number of morpholine rings is 1. The molecule has 1 amide bonds. The molecule has 0 bridgehead atoms. The van der Waals surface area contributed by atoms with Gasteiger partial charge in [0.15, 0.2) is 0 Å². The van der Waals surface area contributed by atoms with Crippen LogP contribution in [0.1, 0.15) is 39.0 Å². The molecular weight excluding hydrogens is 338 g/mol. The molecule has 0 spiro atoms. The van der Waals surface area contributed by atoms with Crippen molar-refractivity contribution < 1.29 is 9.53 Å². The maximum atomic E-state index is 13.1. The molecule has 0 radical (unpaired) electrons. The number of carbonyl (C=O) groups is 1. The normalized spacial score (nSPS) is 25.0. The van der Waals surface area contributed by atoms with Gasteiger partial charge in [-0.25, -0.2) is 0 Å². The van der Waals surface area contributed by atoms with Gasteiger partial charge >= 0.3 is 0 Å². The number of nitrogens with two attached hydrogens (primary N) is 1. The standard InChI is InChI=1S/C22H37N3O2/c1-3-5-9-24-17-21(22(26)25-10-12-27-13-11-25)15-20-8-7-18(16-23)14-19(20)6-4-2/h4,6,15,18,21,24H,2-3,5,7-14,16-17,23H2,1H3/b19-6+,20-15+/t18?,21-/m1/s1. The highest BCUT2D eigenvalue weighted by atomic mass is 16.5. The maximum absolute atomic E-state index is 13.1. The molecule has 2 atom stereocenters. The third kappa shape index (κ3) is 6.91. The fourth-order valence-corrected chi connectivity index (χ4v) is 3.81. The van der Waals surface area contributed by atoms with Crippen LogP contribution in [0.15, 0.2) is 36.0 Å². The molecule has 1 heterocycles. The van der Waals surface area contributed by atoms with E-state index in [-0.39, 0.29) is 11.8 Å². The first-order chi connectivity index (χ1) is 13.2. The van der Waals surface area contributed by atoms with Gasteiger partial charge in [0.25, 0.3) is 0 Å². The van der Waals surface area contributed by atoms with E-state index in [9.17, 15) is 4.79 Å². The fourth-order valence-electron chi connectivity index (χ4n) is 3.81. The highest BCUT2D eigenvalue weighted by molar-refractivity contribution is 5.81. The summed E-state index contributed by atoms with van der Waals surface area (Å²) in [6.07, 6.45) is 11.5. The second kappa shape index (κ2) is 12.1. The average Bonchev–Trinajstić information content (AvgIpc) is 2.71. The predicted octanol–water partition coefficient (Wildman–Crippen LogP) is 2.65. The lowest BCUT2D eigenvalue weighted by Crippen LogP contribution is -2.45. The summed E-state index contributed by atoms with van der Waals surface area (Å²) in [5.74, 6) is 0.621. The third-order valence-corrected chi connectivity index (χ3v) is 5.51. The third-order valence-electron chi connectivity index (χ3n) is 5.51. The zero-order valence-electron chi connectivity index (χ0n) is 16.9. The molecule has 1 aliphatic heterocycles. The zero-order valence-corrected chi connectivity index (χ0v) is 16.9. The molecule has 2 rings (SSSR count). The van der Waals surface area contributed by atoms with Gasteiger partial charge < -0.3 is 20.7 Å². The van der Waals surface area contributed by atoms with Gasteiger partial charge in [0.1, 0.15) is 0 Å². The number of nitrogens with one attached hydrogen (secondary N) is 1. The lowest BCUT2D eigenvalue weighted by molar-refractivity contribution is -0.138. The Morgan fingerprint density at radius 1 is 1.41 bits per heavy atom. The average molecular weight is 376 g/mol. The summed E-state index contributed by atoms with van der Waals surface area (Å²) in [6.45, 7) is 11.1. The van der Waals surface area contributed by atoms with Crippen LogP contribution >= 0.6 is 0 Å². The molecule has 1 aliphatic carbocycles. The number of hydrogen-bond donors (Lipinski definition) is 2. The van der Waals surface area contributed by atoms with Crippen LogP contribution in [0.5, 0.6) is 0 Å². The van der Waals surface area contributed by atoms with Crippen LogP contribution in [0, 0.1) is 11.8 Å². The molecule has 1 unspecified atom stereocenters. The first-order valence-corrected chi connectivity index (χ1v) is 10.5. The quantitative estimate of drug-likeness (QED) is 0.608. The Morgan fingerprint density at radius 3 is 2.85 bits per heavy atom. The van der Waals surface area contributed by atoms with E-state index in [1.54, 1.807) is 0 Å². The summed E-state index contributed by atoms with van der Waals surface area (Å²) in [5, 5.41) is 3.48. The van der Waals surface area contributed by atoms with E-state index in [1.807, 2.05) is 11.0 Å². The highest BCUT2D eigenvalue weighted by Gasteiger charge is 2.26. The largest absolute Gasteiger partial charge is 0.378 e. The molecule has 2 fully saturated rings. The van der Waals surface area contributed by atoms with Crippen molar-refractivity contribution in [1.82, 2.24) is 10.2 Å². The Bertz CT molecular complexity index is 536. The number of amides is 1. The smallest absolute Gasteiger partial charge is 0.230 e. The zero-order chi connectivity index (χ0) is 19.5. The molecule has 5 nitrogen and oxygen atoms in total. The minimum Gasteiger partial charge on any atom is -0.378 e. The summed E-state index contributed by atoms with van der Waals surface area (Å²) >= 11 is 0. The van der Waals surface area contributed by atoms with E-state index in [0.717, 1.165) is 45.2 Å². The summed E-state index contributed by atoms with van der Waals surface area (Å²) in [7, 11) is 0. The molecule has 27 heavy (non-hydrogen) atoms. The van der Waals surface area contributed by atoms with Crippen molar-refractivity contribution in [2.45, 2.75) is 39.0 Å². The van der Waals surface area contributed by atoms with Crippen molar-refractivity contribution in [3.05, 3.63) is 36.0 Å². The van der Waals surface area contributed by atoms with E-state index in [4.69, 9.17) is 10.5 Å². The summed E-state index contributed by atoms with van der Waals surface area (Å²) < 4.78 is 5.41. The minimum absolute atomic E-state index is 0.127. The van der Waals surface area contributed by atoms with Gasteiger partial charge in [-0.05, 0) is 55.8 Å². The first-order valence-electron chi connectivity index (χ1n) is 10.5. The van der Waals surface area contributed by atoms with Crippen LogP contribution in [0.25, 0.3) is 0 Å². The van der Waals surface area contributed by atoms with Crippen LogP contribution < -0.4 is 11.1 Å². The van der Waals surface area contributed by atoms with E-state index in [2.05, 4.69) is 31.0 Å². The first kappa shape index (κ1) is 21.9. The van der Waals surface area contributed by atoms with Crippen LogP contribution in [0.3, 0.4) is 0 Å². The molecule has 1 saturated carbocycles. The fraction of sp³-hybridized carbons (Fsp3) is 0.682. The number of carbonyl (C=O) groups excluding carboxylic acids is 1. The number of rotatable bonds is 9. The van der Waals surface area contributed by atoms with Crippen molar-refractivity contribution in [3.8, 4) is 0 Å². The molecule has 0 aromatic carbocycles. The van der Waals surface area contributed by atoms with Gasteiger partial charge in [0.05, 0.1) is 19.1 Å². The van der Waals surface area contributed by atoms with Crippen molar-refractivity contribution >= 4 is 5.91 Å². The molecule has 1 saturated heterocycles. The lowest BCUT2D eigenvalue weighted by Gasteiger charge is -2.31. The number of hydrogen-bond acceptors (Lipinski definition) is 4. The van der Waals surface area contributed by atoms with Crippen LogP contribution in [0.2, 0.25) is 0 Å². The van der Waals surface area contributed by atoms with Crippen molar-refractivity contribution in [2.75, 3.05) is 45.9 Å². The summed E-state index contributed by atoms with van der Waals surface area (Å²) in [6, 6.07) is 0. The topological polar surface area (TPSA) is 67.6 Å². The Hall–Kier alpha value is -1.43. The Balaban J connectivity index is 2.14. The molecular formula is C22H37N3O2.